The largest absolute Gasteiger partial charge is 0.397 e. The number of carbonyl (C=O) groups excluding carboxylic acids is 1. The summed E-state index contributed by atoms with van der Waals surface area (Å²) < 4.78 is 1.89. The summed E-state index contributed by atoms with van der Waals surface area (Å²) >= 11 is 0. The first kappa shape index (κ1) is 12.6. The summed E-state index contributed by atoms with van der Waals surface area (Å²) in [6.45, 7) is 5.68. The summed E-state index contributed by atoms with van der Waals surface area (Å²) in [5.74, 6) is 0.0481. The minimum Gasteiger partial charge on any atom is -0.397 e. The van der Waals surface area contributed by atoms with Gasteiger partial charge in [-0.15, -0.1) is 0 Å². The van der Waals surface area contributed by atoms with Crippen molar-refractivity contribution < 1.29 is 4.79 Å². The van der Waals surface area contributed by atoms with Gasteiger partial charge in [-0.3, -0.25) is 4.79 Å². The van der Waals surface area contributed by atoms with E-state index in [-0.39, 0.29) is 5.91 Å². The van der Waals surface area contributed by atoms with E-state index in [4.69, 9.17) is 5.73 Å². The lowest BCUT2D eigenvalue weighted by Crippen LogP contribution is -2.29. The zero-order chi connectivity index (χ0) is 12.1. The smallest absolute Gasteiger partial charge is 0.270 e. The van der Waals surface area contributed by atoms with Gasteiger partial charge in [0.05, 0.1) is 5.69 Å². The van der Waals surface area contributed by atoms with Crippen LogP contribution in [0.4, 0.5) is 5.69 Å². The number of unbranched alkanes of at least 4 members (excludes halogenated alkanes) is 1. The van der Waals surface area contributed by atoms with Crippen LogP contribution >= 0.6 is 0 Å². The molecule has 1 aromatic heterocycles. The molecule has 0 spiro atoms. The van der Waals surface area contributed by atoms with E-state index in [1.54, 1.807) is 17.2 Å². The van der Waals surface area contributed by atoms with Crippen molar-refractivity contribution in [3.8, 4) is 0 Å². The van der Waals surface area contributed by atoms with Gasteiger partial charge in [0.15, 0.2) is 0 Å². The number of hydrogen-bond acceptors (Lipinski definition) is 2. The molecule has 0 unspecified atom stereocenters. The molecule has 0 fully saturated rings. The van der Waals surface area contributed by atoms with E-state index in [9.17, 15) is 4.79 Å². The summed E-state index contributed by atoms with van der Waals surface area (Å²) in [6.07, 6.45) is 3.93. The Labute approximate surface area is 97.0 Å². The van der Waals surface area contributed by atoms with Gasteiger partial charge in [-0.1, -0.05) is 13.3 Å². The molecule has 90 valence electrons. The van der Waals surface area contributed by atoms with Crippen molar-refractivity contribution in [3.05, 3.63) is 18.0 Å². The number of hydrogen-bond donors (Lipinski definition) is 1. The molecule has 0 aliphatic heterocycles. The van der Waals surface area contributed by atoms with Gasteiger partial charge < -0.3 is 15.2 Å². The number of amides is 1. The predicted molar refractivity (Wildman–Crippen MR) is 66.4 cm³/mol. The molecule has 0 radical (unpaired) electrons. The topological polar surface area (TPSA) is 51.3 Å². The average molecular weight is 223 g/mol. The monoisotopic (exact) mass is 223 g/mol. The van der Waals surface area contributed by atoms with E-state index in [1.807, 2.05) is 18.5 Å². The first-order valence-electron chi connectivity index (χ1n) is 5.81. The van der Waals surface area contributed by atoms with Crippen LogP contribution < -0.4 is 5.73 Å². The van der Waals surface area contributed by atoms with Gasteiger partial charge in [0.25, 0.3) is 5.91 Å². The molecule has 1 aromatic rings. The maximum atomic E-state index is 12.1. The van der Waals surface area contributed by atoms with Crippen LogP contribution in [-0.2, 0) is 6.54 Å². The SMILES string of the molecule is CCCCN(C)C(=O)c1cc(N)cn1CC. The summed E-state index contributed by atoms with van der Waals surface area (Å²) in [6, 6.07) is 1.74. The van der Waals surface area contributed by atoms with Crippen LogP contribution in [0.1, 0.15) is 37.2 Å². The summed E-state index contributed by atoms with van der Waals surface area (Å²) in [7, 11) is 1.83. The highest BCUT2D eigenvalue weighted by Crippen LogP contribution is 2.12. The van der Waals surface area contributed by atoms with E-state index >= 15 is 0 Å². The normalized spacial score (nSPS) is 10.4. The van der Waals surface area contributed by atoms with Gasteiger partial charge >= 0.3 is 0 Å². The van der Waals surface area contributed by atoms with E-state index in [1.165, 1.54) is 0 Å². The number of anilines is 1. The number of nitrogens with zero attached hydrogens (tertiary/aromatic N) is 2. The summed E-state index contributed by atoms with van der Waals surface area (Å²) in [4.78, 5) is 13.8. The fourth-order valence-corrected chi connectivity index (χ4v) is 1.67. The molecule has 1 heterocycles. The van der Waals surface area contributed by atoms with Gasteiger partial charge in [0.1, 0.15) is 5.69 Å². The highest BCUT2D eigenvalue weighted by Gasteiger charge is 2.15. The Balaban J connectivity index is 2.78. The van der Waals surface area contributed by atoms with Crippen molar-refractivity contribution >= 4 is 11.6 Å². The summed E-state index contributed by atoms with van der Waals surface area (Å²) in [5.41, 5.74) is 7.03. The molecule has 4 heteroatoms. The van der Waals surface area contributed by atoms with Gasteiger partial charge in [0.2, 0.25) is 0 Å². The first-order chi connectivity index (χ1) is 7.60. The van der Waals surface area contributed by atoms with Crippen LogP contribution in [0.15, 0.2) is 12.3 Å². The molecule has 0 atom stereocenters. The van der Waals surface area contributed by atoms with E-state index in [0.29, 0.717) is 11.4 Å². The van der Waals surface area contributed by atoms with Crippen molar-refractivity contribution in [1.29, 1.82) is 0 Å². The Morgan fingerprint density at radius 1 is 1.50 bits per heavy atom. The van der Waals surface area contributed by atoms with Gasteiger partial charge in [-0.05, 0) is 19.4 Å². The fourth-order valence-electron chi connectivity index (χ4n) is 1.67. The van der Waals surface area contributed by atoms with E-state index in [2.05, 4.69) is 6.92 Å². The Hall–Kier alpha value is -1.45. The van der Waals surface area contributed by atoms with Crippen LogP contribution in [0.5, 0.6) is 0 Å². The van der Waals surface area contributed by atoms with Crippen molar-refractivity contribution in [1.82, 2.24) is 9.47 Å². The molecule has 0 bridgehead atoms. The zero-order valence-corrected chi connectivity index (χ0v) is 10.4. The second-order valence-electron chi connectivity index (χ2n) is 4.02. The van der Waals surface area contributed by atoms with Crippen molar-refractivity contribution in [2.45, 2.75) is 33.2 Å². The Bertz CT molecular complexity index is 357. The highest BCUT2D eigenvalue weighted by molar-refractivity contribution is 5.93. The number of nitrogen functional groups attached to an aromatic ring is 1. The van der Waals surface area contributed by atoms with Crippen LogP contribution in [0.2, 0.25) is 0 Å². The molecular weight excluding hydrogens is 202 g/mol. The predicted octanol–water partition coefficient (Wildman–Crippen LogP) is 1.96. The standard InChI is InChI=1S/C12H21N3O/c1-4-6-7-14(3)12(16)11-8-10(13)9-15(11)5-2/h8-9H,4-7,13H2,1-3H3. The third-order valence-corrected chi connectivity index (χ3v) is 2.67. The first-order valence-corrected chi connectivity index (χ1v) is 5.81. The third-order valence-electron chi connectivity index (χ3n) is 2.67. The number of nitrogens with two attached hydrogens (primary N) is 1. The molecule has 16 heavy (non-hydrogen) atoms. The van der Waals surface area contributed by atoms with Gasteiger partial charge in [0, 0.05) is 26.3 Å². The molecule has 1 rings (SSSR count). The lowest BCUT2D eigenvalue weighted by Gasteiger charge is -2.17. The maximum Gasteiger partial charge on any atom is 0.270 e. The van der Waals surface area contributed by atoms with Gasteiger partial charge in [-0.2, -0.15) is 0 Å². The Morgan fingerprint density at radius 2 is 2.19 bits per heavy atom. The molecule has 0 saturated carbocycles. The second kappa shape index (κ2) is 5.58. The van der Waals surface area contributed by atoms with Crippen LogP contribution in [0.3, 0.4) is 0 Å². The van der Waals surface area contributed by atoms with Gasteiger partial charge in [-0.25, -0.2) is 0 Å². The molecule has 0 saturated heterocycles. The van der Waals surface area contributed by atoms with Crippen molar-refractivity contribution in [3.63, 3.8) is 0 Å². The average Bonchev–Trinajstić information content (AvgIpc) is 2.66. The number of carbonyl (C=O) groups is 1. The highest BCUT2D eigenvalue weighted by atomic mass is 16.2. The number of rotatable bonds is 5. The molecule has 0 aliphatic carbocycles. The Kier molecular flexibility index (Phi) is 4.40. The zero-order valence-electron chi connectivity index (χ0n) is 10.4. The summed E-state index contributed by atoms with van der Waals surface area (Å²) in [5, 5.41) is 0. The molecular formula is C12H21N3O. The van der Waals surface area contributed by atoms with Crippen LogP contribution in [0.25, 0.3) is 0 Å². The van der Waals surface area contributed by atoms with Crippen molar-refractivity contribution in [2.75, 3.05) is 19.3 Å². The van der Waals surface area contributed by atoms with Crippen LogP contribution in [0, 0.1) is 0 Å². The lowest BCUT2D eigenvalue weighted by molar-refractivity contribution is 0.0783. The number of aromatic nitrogens is 1. The molecule has 4 nitrogen and oxygen atoms in total. The van der Waals surface area contributed by atoms with Crippen molar-refractivity contribution in [2.24, 2.45) is 0 Å². The third kappa shape index (κ3) is 2.78. The quantitative estimate of drug-likeness (QED) is 0.829. The molecule has 1 amide bonds. The van der Waals surface area contributed by atoms with Crippen LogP contribution in [-0.4, -0.2) is 29.0 Å². The van der Waals surface area contributed by atoms with E-state index < -0.39 is 0 Å². The maximum absolute atomic E-state index is 12.1. The molecule has 0 aromatic carbocycles. The Morgan fingerprint density at radius 3 is 2.75 bits per heavy atom. The minimum absolute atomic E-state index is 0.0481. The lowest BCUT2D eigenvalue weighted by atomic mass is 10.3. The molecule has 0 aliphatic rings. The number of aryl methyl sites for hydroxylation is 1. The molecule has 2 N–H and O–H groups in total. The van der Waals surface area contributed by atoms with E-state index in [0.717, 1.165) is 25.9 Å². The fraction of sp³-hybridized carbons (Fsp3) is 0.583. The second-order valence-corrected chi connectivity index (χ2v) is 4.02. The minimum atomic E-state index is 0.0481.